The number of rotatable bonds is 9. The van der Waals surface area contributed by atoms with Crippen molar-refractivity contribution in [1.82, 2.24) is 0 Å². The van der Waals surface area contributed by atoms with Crippen molar-refractivity contribution in [3.63, 3.8) is 0 Å². The Labute approximate surface area is 110 Å². The zero-order chi connectivity index (χ0) is 13.3. The van der Waals surface area contributed by atoms with Crippen LogP contribution in [0.15, 0.2) is 0 Å². The molecule has 0 aromatic heterocycles. The van der Waals surface area contributed by atoms with Gasteiger partial charge < -0.3 is 17.7 Å². The highest BCUT2D eigenvalue weighted by molar-refractivity contribution is 7.81. The lowest BCUT2D eigenvalue weighted by atomic mass is 10.3. The molecule has 0 aliphatic carbocycles. The third kappa shape index (κ3) is 5.87. The summed E-state index contributed by atoms with van der Waals surface area (Å²) in [5.74, 6) is -0.460. The first-order valence-electron chi connectivity index (χ1n) is 5.87. The van der Waals surface area contributed by atoms with Crippen LogP contribution in [0.3, 0.4) is 0 Å². The van der Waals surface area contributed by atoms with E-state index < -0.39 is 20.3 Å². The summed E-state index contributed by atoms with van der Waals surface area (Å²) in [5.41, 5.74) is 0. The minimum Gasteiger partial charge on any atom is -0.451 e. The summed E-state index contributed by atoms with van der Waals surface area (Å²) in [6.07, 6.45) is 0.580. The minimum absolute atomic E-state index is 0.364. The zero-order valence-corrected chi connectivity index (χ0v) is 12.8. The van der Waals surface area contributed by atoms with Crippen molar-refractivity contribution in [2.45, 2.75) is 39.4 Å². The standard InChI is InChI=1S/C10H22O5SSi/c1-5-9(16)10(11)15-17(12-6-2,13-7-3)14-8-4/h9,16H,5-8H2,1-4H3. The van der Waals surface area contributed by atoms with Crippen LogP contribution in [-0.2, 0) is 22.5 Å². The predicted molar refractivity (Wildman–Crippen MR) is 69.8 cm³/mol. The van der Waals surface area contributed by atoms with Gasteiger partial charge in [-0.2, -0.15) is 12.6 Å². The molecular formula is C10H22O5SSi. The van der Waals surface area contributed by atoms with Gasteiger partial charge in [0.1, 0.15) is 0 Å². The molecule has 102 valence electrons. The van der Waals surface area contributed by atoms with Gasteiger partial charge in [0.2, 0.25) is 0 Å². The summed E-state index contributed by atoms with van der Waals surface area (Å²) in [5, 5.41) is -0.483. The van der Waals surface area contributed by atoms with E-state index in [2.05, 4.69) is 12.6 Å². The topological polar surface area (TPSA) is 54.0 Å². The fourth-order valence-corrected chi connectivity index (χ4v) is 3.13. The Kier molecular flexibility index (Phi) is 8.88. The van der Waals surface area contributed by atoms with Crippen LogP contribution < -0.4 is 0 Å². The Bertz CT molecular complexity index is 210. The van der Waals surface area contributed by atoms with E-state index in [1.54, 1.807) is 20.8 Å². The summed E-state index contributed by atoms with van der Waals surface area (Å²) in [4.78, 5) is 11.7. The van der Waals surface area contributed by atoms with Crippen LogP contribution in [0.5, 0.6) is 0 Å². The van der Waals surface area contributed by atoms with Gasteiger partial charge in [-0.05, 0) is 27.2 Å². The third-order valence-corrected chi connectivity index (χ3v) is 4.80. The molecule has 0 saturated heterocycles. The van der Waals surface area contributed by atoms with Gasteiger partial charge in [0, 0.05) is 19.8 Å². The van der Waals surface area contributed by atoms with E-state index in [1.807, 2.05) is 6.92 Å². The van der Waals surface area contributed by atoms with Crippen LogP contribution in [0.4, 0.5) is 0 Å². The number of carbonyl (C=O) groups excluding carboxylic acids is 1. The van der Waals surface area contributed by atoms with Gasteiger partial charge >= 0.3 is 15.0 Å². The molecule has 0 rings (SSSR count). The lowest BCUT2D eigenvalue weighted by molar-refractivity contribution is -0.144. The first-order valence-corrected chi connectivity index (χ1v) is 8.02. The highest BCUT2D eigenvalue weighted by Gasteiger charge is 2.49. The fraction of sp³-hybridized carbons (Fsp3) is 0.900. The average molecular weight is 282 g/mol. The second-order valence-electron chi connectivity index (χ2n) is 3.14. The van der Waals surface area contributed by atoms with Gasteiger partial charge in [-0.25, -0.2) is 0 Å². The van der Waals surface area contributed by atoms with Crippen molar-refractivity contribution in [3.05, 3.63) is 0 Å². The lowest BCUT2D eigenvalue weighted by Gasteiger charge is -2.26. The molecule has 0 aromatic rings. The first-order chi connectivity index (χ1) is 8.05. The van der Waals surface area contributed by atoms with Gasteiger partial charge in [0.05, 0.1) is 5.25 Å². The number of carbonyl (C=O) groups is 1. The summed E-state index contributed by atoms with van der Waals surface area (Å²) < 4.78 is 21.4. The van der Waals surface area contributed by atoms with Gasteiger partial charge in [-0.3, -0.25) is 4.79 Å². The van der Waals surface area contributed by atoms with Crippen LogP contribution in [0.2, 0.25) is 0 Å². The van der Waals surface area contributed by atoms with Crippen LogP contribution in [0.1, 0.15) is 34.1 Å². The molecule has 5 nitrogen and oxygen atoms in total. The monoisotopic (exact) mass is 282 g/mol. The molecule has 0 radical (unpaired) electrons. The van der Waals surface area contributed by atoms with Crippen molar-refractivity contribution >= 4 is 27.6 Å². The molecule has 7 heteroatoms. The smallest absolute Gasteiger partial charge is 0.451 e. The van der Waals surface area contributed by atoms with Crippen molar-refractivity contribution in [2.24, 2.45) is 0 Å². The Morgan fingerprint density at radius 3 is 1.76 bits per heavy atom. The molecule has 17 heavy (non-hydrogen) atoms. The molecule has 0 amide bonds. The largest absolute Gasteiger partial charge is 0.751 e. The Hall–Kier alpha value is -0.0831. The normalized spacial score (nSPS) is 13.5. The van der Waals surface area contributed by atoms with Crippen molar-refractivity contribution < 1.29 is 22.5 Å². The minimum atomic E-state index is -3.34. The molecule has 0 spiro atoms. The zero-order valence-electron chi connectivity index (χ0n) is 10.9. The molecule has 0 heterocycles. The van der Waals surface area contributed by atoms with Crippen LogP contribution in [0.25, 0.3) is 0 Å². The second-order valence-corrected chi connectivity index (χ2v) is 5.84. The molecule has 1 atom stereocenters. The molecule has 0 fully saturated rings. The van der Waals surface area contributed by atoms with Gasteiger partial charge in [-0.15, -0.1) is 0 Å². The summed E-state index contributed by atoms with van der Waals surface area (Å²) >= 11 is 4.12. The molecule has 0 N–H and O–H groups in total. The van der Waals surface area contributed by atoms with Crippen LogP contribution in [-0.4, -0.2) is 40.1 Å². The molecule has 0 bridgehead atoms. The number of hydrogen-bond acceptors (Lipinski definition) is 6. The maximum absolute atomic E-state index is 11.7. The highest BCUT2D eigenvalue weighted by Crippen LogP contribution is 2.15. The molecule has 0 aromatic carbocycles. The highest BCUT2D eigenvalue weighted by atomic mass is 32.1. The average Bonchev–Trinajstić information content (AvgIpc) is 2.28. The molecule has 1 unspecified atom stereocenters. The van der Waals surface area contributed by atoms with E-state index in [4.69, 9.17) is 17.7 Å². The van der Waals surface area contributed by atoms with Crippen molar-refractivity contribution in [1.29, 1.82) is 0 Å². The molecular weight excluding hydrogens is 260 g/mol. The van der Waals surface area contributed by atoms with Crippen molar-refractivity contribution in [3.8, 4) is 0 Å². The van der Waals surface area contributed by atoms with E-state index in [0.29, 0.717) is 26.2 Å². The number of hydrogen-bond donors (Lipinski definition) is 1. The molecule has 0 saturated carbocycles. The van der Waals surface area contributed by atoms with E-state index in [0.717, 1.165) is 0 Å². The fourth-order valence-electron chi connectivity index (χ4n) is 1.10. The predicted octanol–water partition coefficient (Wildman–Crippen LogP) is 1.78. The summed E-state index contributed by atoms with van der Waals surface area (Å²) in [6, 6.07) is 0. The lowest BCUT2D eigenvalue weighted by Crippen LogP contribution is -2.51. The van der Waals surface area contributed by atoms with Crippen molar-refractivity contribution in [2.75, 3.05) is 19.8 Å². The molecule has 0 aliphatic heterocycles. The van der Waals surface area contributed by atoms with Crippen LogP contribution in [0, 0.1) is 0 Å². The third-order valence-electron chi connectivity index (χ3n) is 1.85. The van der Waals surface area contributed by atoms with Crippen LogP contribution >= 0.6 is 12.6 Å². The number of thiol groups is 1. The van der Waals surface area contributed by atoms with Gasteiger partial charge in [0.15, 0.2) is 0 Å². The SMILES string of the molecule is CCO[Si](OCC)(OCC)OC(=O)C(S)CC. The first kappa shape index (κ1) is 16.9. The maximum atomic E-state index is 11.7. The van der Waals surface area contributed by atoms with E-state index in [-0.39, 0.29) is 0 Å². The summed E-state index contributed by atoms with van der Waals surface area (Å²) in [7, 11) is -3.34. The Morgan fingerprint density at radius 2 is 1.47 bits per heavy atom. The molecule has 0 aliphatic rings. The Balaban J connectivity index is 4.69. The Morgan fingerprint density at radius 1 is 1.06 bits per heavy atom. The van der Waals surface area contributed by atoms with Gasteiger partial charge in [-0.1, -0.05) is 6.92 Å². The quantitative estimate of drug-likeness (QED) is 0.516. The van der Waals surface area contributed by atoms with E-state index in [9.17, 15) is 4.79 Å². The van der Waals surface area contributed by atoms with Gasteiger partial charge in [0.25, 0.3) is 0 Å². The van der Waals surface area contributed by atoms with E-state index >= 15 is 0 Å². The maximum Gasteiger partial charge on any atom is 0.751 e. The second kappa shape index (κ2) is 8.93. The van der Waals surface area contributed by atoms with E-state index in [1.165, 1.54) is 0 Å². The summed E-state index contributed by atoms with van der Waals surface area (Å²) in [6.45, 7) is 8.33.